The highest BCUT2D eigenvalue weighted by Gasteiger charge is 2.59. The molecule has 9 unspecified atom stereocenters. The Labute approximate surface area is 384 Å². The van der Waals surface area contributed by atoms with Gasteiger partial charge in [0.25, 0.3) is 0 Å². The van der Waals surface area contributed by atoms with E-state index in [9.17, 15) is 58.5 Å². The molecule has 2 aromatic rings. The number of carboxylic acids is 1. The lowest BCUT2D eigenvalue weighted by Crippen LogP contribution is -2.59. The normalized spacial score (nSPS) is 28.8. The van der Waals surface area contributed by atoms with Crippen molar-refractivity contribution in [3.8, 4) is 11.5 Å². The number of ether oxygens (including phenoxy) is 2. The summed E-state index contributed by atoms with van der Waals surface area (Å²) in [5, 5.41) is 53.0. The predicted octanol–water partition coefficient (Wildman–Crippen LogP) is -3.02. The van der Waals surface area contributed by atoms with E-state index in [0.29, 0.717) is 28.7 Å². The summed E-state index contributed by atoms with van der Waals surface area (Å²) in [4.78, 5) is 118. The van der Waals surface area contributed by atoms with Crippen LogP contribution < -0.4 is 57.7 Å². The number of aldehydes is 1. The van der Waals surface area contributed by atoms with Crippen LogP contribution >= 0.6 is 0 Å². The SMILES string of the molecule is CCC(=O)NC1C[C@@]23c4cccc(c4NC2Oc2c4cc(cc23)C(O)C(C(=O)NCC=O)NC(=O)C(NC(=O)C(N)CO)CC(C)C4)OC(C)(CC)C(C(=O)O)NC(=O)CNC(=O)CNC1=O. The molecule has 6 rings (SSSR count). The molecule has 0 radical (unpaired) electrons. The van der Waals surface area contributed by atoms with Gasteiger partial charge in [0, 0.05) is 12.0 Å². The Morgan fingerprint density at radius 2 is 1.70 bits per heavy atom. The van der Waals surface area contributed by atoms with E-state index in [1.54, 1.807) is 51.1 Å². The first-order chi connectivity index (χ1) is 31.8. The molecule has 0 saturated heterocycles. The van der Waals surface area contributed by atoms with Crippen molar-refractivity contribution >= 4 is 59.3 Å². The zero-order valence-corrected chi connectivity index (χ0v) is 37.4. The molecule has 0 saturated carbocycles. The standard InChI is InChI=1S/C44H57N9O14/c1-5-29(56)49-27-16-44-23-8-7-9-28(67-43(4,6-2)36(41(64)65)51-31(58)18-47-30(57)17-48-38(27)61)32(23)53-42(44)66-35-22-12-20(3)13-26(50-37(60)25(45)19-55)39(62)52-33(40(63)46-10-11-54)34(59)21(14-22)15-24(35)44/h7-9,11,14-15,20,25-27,33-34,36,42,53,55,59H,5-6,10,12-13,16-19,45H2,1-4H3,(H,46,63)(H,47,57)(H,48,61)(H,49,56)(H,50,60)(H,51,58)(H,52,62)(H,64,65)/t20?,25?,26?,27?,33?,34?,36?,42?,43?,44-/m0/s1. The van der Waals surface area contributed by atoms with Crippen LogP contribution in [0.3, 0.4) is 0 Å². The number of anilines is 1. The summed E-state index contributed by atoms with van der Waals surface area (Å²) < 4.78 is 13.4. The predicted molar refractivity (Wildman–Crippen MR) is 234 cm³/mol. The van der Waals surface area contributed by atoms with Gasteiger partial charge >= 0.3 is 5.97 Å². The molecule has 23 nitrogen and oxygen atoms in total. The molecule has 10 atom stereocenters. The number of benzene rings is 2. The van der Waals surface area contributed by atoms with Crippen molar-refractivity contribution < 1.29 is 67.9 Å². The van der Waals surface area contributed by atoms with Crippen LogP contribution in [-0.2, 0) is 55.0 Å². The Morgan fingerprint density at radius 1 is 0.970 bits per heavy atom. The van der Waals surface area contributed by atoms with Gasteiger partial charge in [0.15, 0.2) is 12.3 Å². The number of aliphatic hydroxyl groups is 2. The van der Waals surface area contributed by atoms with Crippen LogP contribution in [0.15, 0.2) is 30.3 Å². The Hall–Kier alpha value is -6.85. The lowest BCUT2D eigenvalue weighted by Gasteiger charge is -2.36. The van der Waals surface area contributed by atoms with Gasteiger partial charge in [-0.05, 0) is 73.4 Å². The second-order valence-corrected chi connectivity index (χ2v) is 17.4. The maximum atomic E-state index is 14.3. The van der Waals surface area contributed by atoms with Crippen molar-refractivity contribution in [1.82, 2.24) is 37.2 Å². The first kappa shape index (κ1) is 49.6. The molecule has 7 amide bonds. The molecular formula is C44H57N9O14. The number of carbonyl (C=O) groups excluding carboxylic acids is 8. The zero-order valence-electron chi connectivity index (χ0n) is 37.4. The third-order valence-corrected chi connectivity index (χ3v) is 12.7. The quantitative estimate of drug-likeness (QED) is 0.106. The molecule has 4 aliphatic heterocycles. The van der Waals surface area contributed by atoms with E-state index in [2.05, 4.69) is 42.5 Å². The second-order valence-electron chi connectivity index (χ2n) is 17.4. The molecule has 67 heavy (non-hydrogen) atoms. The van der Waals surface area contributed by atoms with Crippen LogP contribution in [0, 0.1) is 5.92 Å². The molecule has 0 aliphatic carbocycles. The number of nitrogens with two attached hydrogens (primary N) is 1. The highest BCUT2D eigenvalue weighted by Crippen LogP contribution is 2.59. The van der Waals surface area contributed by atoms with Crippen molar-refractivity contribution in [2.45, 2.75) is 113 Å². The summed E-state index contributed by atoms with van der Waals surface area (Å²) in [5.74, 6) is -7.15. The molecule has 23 heteroatoms. The second kappa shape index (κ2) is 20.3. The third-order valence-electron chi connectivity index (χ3n) is 12.7. The lowest BCUT2D eigenvalue weighted by atomic mass is 9.70. The fourth-order valence-electron chi connectivity index (χ4n) is 8.97. The maximum absolute atomic E-state index is 14.3. The minimum absolute atomic E-state index is 0.0406. The molecule has 13 N–H and O–H groups in total. The number of para-hydroxylation sites is 1. The van der Waals surface area contributed by atoms with E-state index in [1.165, 1.54) is 6.92 Å². The zero-order chi connectivity index (χ0) is 49.0. The van der Waals surface area contributed by atoms with Gasteiger partial charge in [0.2, 0.25) is 41.4 Å². The third kappa shape index (κ3) is 10.1. The topological polar surface area (TPSA) is 355 Å². The number of carboxylic acid groups (broad SMARTS) is 1. The summed E-state index contributed by atoms with van der Waals surface area (Å²) in [6, 6.07) is 0.543. The molecular weight excluding hydrogens is 879 g/mol. The number of hydrogen-bond acceptors (Lipinski definition) is 15. The van der Waals surface area contributed by atoms with Gasteiger partial charge in [-0.25, -0.2) is 4.79 Å². The van der Waals surface area contributed by atoms with Crippen molar-refractivity contribution in [3.63, 3.8) is 0 Å². The van der Waals surface area contributed by atoms with Crippen LogP contribution in [0.1, 0.15) is 81.7 Å². The van der Waals surface area contributed by atoms with Crippen LogP contribution in [0.25, 0.3) is 0 Å². The highest BCUT2D eigenvalue weighted by atomic mass is 16.5. The first-order valence-electron chi connectivity index (χ1n) is 22.0. The molecule has 0 fully saturated rings. The lowest BCUT2D eigenvalue weighted by molar-refractivity contribution is -0.148. The monoisotopic (exact) mass is 935 g/mol. The maximum Gasteiger partial charge on any atom is 0.330 e. The van der Waals surface area contributed by atoms with Crippen molar-refractivity contribution in [1.29, 1.82) is 0 Å². The van der Waals surface area contributed by atoms with Crippen LogP contribution in [0.5, 0.6) is 11.5 Å². The number of fused-ring (bicyclic) bond motifs is 4. The van der Waals surface area contributed by atoms with Gasteiger partial charge in [-0.15, -0.1) is 0 Å². The van der Waals surface area contributed by atoms with Crippen molar-refractivity contribution in [2.75, 3.05) is 31.6 Å². The minimum Gasteiger partial charge on any atom is -0.483 e. The summed E-state index contributed by atoms with van der Waals surface area (Å²) in [5.41, 5.74) is 4.26. The number of aliphatic carboxylic acids is 1. The number of rotatable bonds is 10. The van der Waals surface area contributed by atoms with Crippen LogP contribution in [0.4, 0.5) is 5.69 Å². The van der Waals surface area contributed by atoms with Crippen LogP contribution in [0.2, 0.25) is 0 Å². The fraction of sp³-hybridized carbons (Fsp3) is 0.523. The summed E-state index contributed by atoms with van der Waals surface area (Å²) in [7, 11) is 0. The van der Waals surface area contributed by atoms with E-state index in [1.807, 2.05) is 0 Å². The molecule has 362 valence electrons. The highest BCUT2D eigenvalue weighted by molar-refractivity contribution is 5.95. The molecule has 2 aromatic carbocycles. The number of nitrogens with one attached hydrogen (secondary N) is 8. The molecule has 1 spiro atoms. The number of hydrogen-bond donors (Lipinski definition) is 12. The number of aliphatic hydroxyl groups excluding tert-OH is 2. The van der Waals surface area contributed by atoms with Gasteiger partial charge in [-0.1, -0.05) is 32.9 Å². The van der Waals surface area contributed by atoms with E-state index >= 15 is 0 Å². The average molecular weight is 936 g/mol. The van der Waals surface area contributed by atoms with Gasteiger partial charge in [-0.3, -0.25) is 33.6 Å². The molecule has 4 heterocycles. The Kier molecular flexibility index (Phi) is 15.1. The van der Waals surface area contributed by atoms with Gasteiger partial charge in [0.05, 0.1) is 37.3 Å². The molecule has 0 aromatic heterocycles. The van der Waals surface area contributed by atoms with Crippen LogP contribution in [-0.4, -0.2) is 137 Å². The smallest absolute Gasteiger partial charge is 0.330 e. The first-order valence-corrected chi connectivity index (χ1v) is 22.0. The van der Waals surface area contributed by atoms with Crippen molar-refractivity contribution in [3.05, 3.63) is 52.6 Å². The van der Waals surface area contributed by atoms with E-state index in [-0.39, 0.29) is 49.2 Å². The summed E-state index contributed by atoms with van der Waals surface area (Å²) in [6.07, 6.45) is -2.73. The Bertz CT molecular complexity index is 2330. The average Bonchev–Trinajstić information content (AvgIpc) is 3.78. The van der Waals surface area contributed by atoms with E-state index in [0.717, 1.165) is 0 Å². The van der Waals surface area contributed by atoms with Gasteiger partial charge in [-0.2, -0.15) is 0 Å². The Balaban J connectivity index is 1.59. The summed E-state index contributed by atoms with van der Waals surface area (Å²) >= 11 is 0. The largest absolute Gasteiger partial charge is 0.483 e. The Morgan fingerprint density at radius 3 is 2.37 bits per heavy atom. The molecule has 4 aliphatic rings. The van der Waals surface area contributed by atoms with Gasteiger partial charge in [0.1, 0.15) is 53.7 Å². The number of amides is 7. The van der Waals surface area contributed by atoms with E-state index in [4.69, 9.17) is 15.2 Å². The molecule has 6 bridgehead atoms. The van der Waals surface area contributed by atoms with E-state index < -0.39 is 133 Å². The van der Waals surface area contributed by atoms with Crippen molar-refractivity contribution in [2.24, 2.45) is 11.7 Å². The fourth-order valence-corrected chi connectivity index (χ4v) is 8.97. The van der Waals surface area contributed by atoms with Gasteiger partial charge < -0.3 is 77.9 Å². The summed E-state index contributed by atoms with van der Waals surface area (Å²) in [6.45, 7) is 4.04. The number of carbonyl (C=O) groups is 9. The minimum atomic E-state index is -1.84.